The van der Waals surface area contributed by atoms with Crippen molar-refractivity contribution < 1.29 is 17.2 Å². The molecule has 9 heteroatoms. The molecule has 2 heterocycles. The Balaban J connectivity index is 1.74. The highest BCUT2D eigenvalue weighted by Gasteiger charge is 2.25. The summed E-state index contributed by atoms with van der Waals surface area (Å²) in [6.07, 6.45) is 1.25. The van der Waals surface area contributed by atoms with Crippen molar-refractivity contribution in [2.75, 3.05) is 26.2 Å². The second-order valence-corrected chi connectivity index (χ2v) is 8.92. The van der Waals surface area contributed by atoms with Crippen LogP contribution in [0.3, 0.4) is 0 Å². The number of benzene rings is 2. The molecule has 0 amide bonds. The molecule has 0 bridgehead atoms. The SMILES string of the molecule is O=S(=O)(c1ccc(F)cc1F)n1cc(Cl)c2cc(CN3CCNCC3)ccc21. The second-order valence-electron chi connectivity index (χ2n) is 6.73. The summed E-state index contributed by atoms with van der Waals surface area (Å²) in [4.78, 5) is 1.69. The first-order valence-electron chi connectivity index (χ1n) is 8.79. The van der Waals surface area contributed by atoms with E-state index in [9.17, 15) is 17.2 Å². The third-order valence-corrected chi connectivity index (χ3v) is 6.84. The molecule has 5 nitrogen and oxygen atoms in total. The Morgan fingerprint density at radius 2 is 1.82 bits per heavy atom. The third-order valence-electron chi connectivity index (χ3n) is 4.83. The highest BCUT2D eigenvalue weighted by molar-refractivity contribution is 7.90. The summed E-state index contributed by atoms with van der Waals surface area (Å²) < 4.78 is 54.0. The Morgan fingerprint density at radius 1 is 1.07 bits per heavy atom. The average Bonchev–Trinajstić information content (AvgIpc) is 2.99. The van der Waals surface area contributed by atoms with Crippen molar-refractivity contribution in [2.45, 2.75) is 11.4 Å². The van der Waals surface area contributed by atoms with Gasteiger partial charge in [-0.3, -0.25) is 4.90 Å². The van der Waals surface area contributed by atoms with Crippen molar-refractivity contribution >= 4 is 32.5 Å². The van der Waals surface area contributed by atoms with Crippen LogP contribution in [0.5, 0.6) is 0 Å². The van der Waals surface area contributed by atoms with E-state index in [2.05, 4.69) is 10.2 Å². The van der Waals surface area contributed by atoms with E-state index >= 15 is 0 Å². The Hall–Kier alpha value is -2.00. The molecule has 1 N–H and O–H groups in total. The van der Waals surface area contributed by atoms with Crippen LogP contribution in [0.2, 0.25) is 5.02 Å². The molecular weight excluding hydrogens is 408 g/mol. The highest BCUT2D eigenvalue weighted by Crippen LogP contribution is 2.31. The Bertz CT molecular complexity index is 1140. The van der Waals surface area contributed by atoms with Crippen LogP contribution in [0.25, 0.3) is 10.9 Å². The van der Waals surface area contributed by atoms with Crippen molar-refractivity contribution in [1.29, 1.82) is 0 Å². The van der Waals surface area contributed by atoms with Gasteiger partial charge in [0.2, 0.25) is 0 Å². The topological polar surface area (TPSA) is 54.3 Å². The van der Waals surface area contributed by atoms with E-state index in [0.717, 1.165) is 54.4 Å². The molecule has 0 atom stereocenters. The maximum absolute atomic E-state index is 14.1. The average molecular weight is 426 g/mol. The first-order valence-corrected chi connectivity index (χ1v) is 10.6. The molecule has 0 spiro atoms. The van der Waals surface area contributed by atoms with Gasteiger partial charge in [-0.25, -0.2) is 21.2 Å². The van der Waals surface area contributed by atoms with E-state index in [1.807, 2.05) is 12.1 Å². The van der Waals surface area contributed by atoms with Gasteiger partial charge in [-0.1, -0.05) is 17.7 Å². The third kappa shape index (κ3) is 3.53. The van der Waals surface area contributed by atoms with E-state index < -0.39 is 26.6 Å². The minimum Gasteiger partial charge on any atom is -0.314 e. The van der Waals surface area contributed by atoms with Crippen molar-refractivity contribution in [3.05, 3.63) is 64.8 Å². The molecule has 0 radical (unpaired) electrons. The van der Waals surface area contributed by atoms with Crippen molar-refractivity contribution in [1.82, 2.24) is 14.2 Å². The number of fused-ring (bicyclic) bond motifs is 1. The molecule has 2 aromatic carbocycles. The minimum absolute atomic E-state index is 0.253. The molecule has 1 fully saturated rings. The molecule has 0 saturated carbocycles. The van der Waals surface area contributed by atoms with E-state index in [0.29, 0.717) is 17.0 Å². The van der Waals surface area contributed by atoms with Crippen LogP contribution in [-0.4, -0.2) is 43.5 Å². The first kappa shape index (κ1) is 19.3. The zero-order valence-electron chi connectivity index (χ0n) is 14.8. The number of halogens is 3. The van der Waals surface area contributed by atoms with Gasteiger partial charge in [-0.15, -0.1) is 0 Å². The number of nitrogens with zero attached hydrogens (tertiary/aromatic N) is 2. The number of nitrogens with one attached hydrogen (secondary N) is 1. The number of hydrogen-bond acceptors (Lipinski definition) is 4. The summed E-state index contributed by atoms with van der Waals surface area (Å²) in [5.41, 5.74) is 1.36. The van der Waals surface area contributed by atoms with Gasteiger partial charge in [0.25, 0.3) is 10.0 Å². The maximum Gasteiger partial charge on any atom is 0.271 e. The number of aromatic nitrogens is 1. The predicted molar refractivity (Wildman–Crippen MR) is 104 cm³/mol. The zero-order valence-corrected chi connectivity index (χ0v) is 16.4. The fourth-order valence-corrected chi connectivity index (χ4v) is 5.15. The molecule has 28 heavy (non-hydrogen) atoms. The molecule has 0 unspecified atom stereocenters. The van der Waals surface area contributed by atoms with Gasteiger partial charge < -0.3 is 5.32 Å². The largest absolute Gasteiger partial charge is 0.314 e. The first-order chi connectivity index (χ1) is 13.4. The number of hydrogen-bond donors (Lipinski definition) is 1. The lowest BCUT2D eigenvalue weighted by Crippen LogP contribution is -2.42. The van der Waals surface area contributed by atoms with Gasteiger partial charge in [-0.2, -0.15) is 0 Å². The standard InChI is InChI=1S/C19H18ClF2N3O2S/c20-16-12-25(28(26,27)19-4-2-14(21)10-17(19)22)18-3-1-13(9-15(16)18)11-24-7-5-23-6-8-24/h1-4,9-10,12,23H,5-8,11H2. The van der Waals surface area contributed by atoms with Gasteiger partial charge in [0.1, 0.15) is 16.5 Å². The fourth-order valence-electron chi connectivity index (χ4n) is 3.42. The summed E-state index contributed by atoms with van der Waals surface area (Å²) in [7, 11) is -4.26. The summed E-state index contributed by atoms with van der Waals surface area (Å²) >= 11 is 6.29. The smallest absolute Gasteiger partial charge is 0.271 e. The van der Waals surface area contributed by atoms with Crippen LogP contribution in [0, 0.1) is 11.6 Å². The fraction of sp³-hybridized carbons (Fsp3) is 0.263. The molecule has 1 aliphatic heterocycles. The van der Waals surface area contributed by atoms with Crippen LogP contribution in [0.15, 0.2) is 47.5 Å². The van der Waals surface area contributed by atoms with Gasteiger partial charge >= 0.3 is 0 Å². The van der Waals surface area contributed by atoms with E-state index in [-0.39, 0.29) is 5.02 Å². The van der Waals surface area contributed by atoms with E-state index in [1.54, 1.807) is 6.07 Å². The summed E-state index contributed by atoms with van der Waals surface area (Å²) in [5, 5.41) is 4.12. The zero-order chi connectivity index (χ0) is 19.9. The summed E-state index contributed by atoms with van der Waals surface area (Å²) in [6.45, 7) is 4.47. The van der Waals surface area contributed by atoms with Gasteiger partial charge in [0.05, 0.1) is 10.5 Å². The minimum atomic E-state index is -4.26. The van der Waals surface area contributed by atoms with Crippen LogP contribution >= 0.6 is 11.6 Å². The molecule has 148 valence electrons. The van der Waals surface area contributed by atoms with Crippen molar-refractivity contribution in [3.8, 4) is 0 Å². The highest BCUT2D eigenvalue weighted by atomic mass is 35.5. The van der Waals surface area contributed by atoms with Crippen LogP contribution in [-0.2, 0) is 16.6 Å². The number of piperazine rings is 1. The van der Waals surface area contributed by atoms with Gasteiger partial charge in [-0.05, 0) is 29.8 Å². The van der Waals surface area contributed by atoms with E-state index in [1.165, 1.54) is 6.20 Å². The normalized spacial score (nSPS) is 16.0. The van der Waals surface area contributed by atoms with Crippen LogP contribution < -0.4 is 5.32 Å². The summed E-state index contributed by atoms with van der Waals surface area (Å²) in [6, 6.07) is 7.73. The van der Waals surface area contributed by atoms with Gasteiger partial charge in [0, 0.05) is 50.4 Å². The lowest BCUT2D eigenvalue weighted by Gasteiger charge is -2.27. The van der Waals surface area contributed by atoms with E-state index in [4.69, 9.17) is 11.6 Å². The maximum atomic E-state index is 14.1. The van der Waals surface area contributed by atoms with Gasteiger partial charge in [0.15, 0.2) is 0 Å². The second kappa shape index (κ2) is 7.44. The van der Waals surface area contributed by atoms with Crippen molar-refractivity contribution in [3.63, 3.8) is 0 Å². The lowest BCUT2D eigenvalue weighted by molar-refractivity contribution is 0.233. The quantitative estimate of drug-likeness (QED) is 0.697. The molecule has 1 aromatic heterocycles. The Morgan fingerprint density at radius 3 is 2.54 bits per heavy atom. The number of rotatable bonds is 4. The lowest BCUT2D eigenvalue weighted by atomic mass is 10.1. The molecule has 0 aliphatic carbocycles. The predicted octanol–water partition coefficient (Wildman–Crippen LogP) is 3.22. The molecule has 1 aliphatic rings. The monoisotopic (exact) mass is 425 g/mol. The van der Waals surface area contributed by atoms with Crippen molar-refractivity contribution in [2.24, 2.45) is 0 Å². The Kier molecular flexibility index (Phi) is 5.13. The van der Waals surface area contributed by atoms with Crippen LogP contribution in [0.4, 0.5) is 8.78 Å². The summed E-state index contributed by atoms with van der Waals surface area (Å²) in [5.74, 6) is -1.99. The van der Waals surface area contributed by atoms with Crippen LogP contribution in [0.1, 0.15) is 5.56 Å². The molecule has 3 aromatic rings. The molecular formula is C19H18ClF2N3O2S. The molecule has 1 saturated heterocycles. The Labute approximate surface area is 166 Å². The molecule has 4 rings (SSSR count).